The summed E-state index contributed by atoms with van der Waals surface area (Å²) in [6.45, 7) is 2.20. The van der Waals surface area contributed by atoms with Gasteiger partial charge in [-0.3, -0.25) is 9.69 Å². The van der Waals surface area contributed by atoms with E-state index in [0.717, 1.165) is 38.8 Å². The lowest BCUT2D eigenvalue weighted by atomic mass is 9.91. The van der Waals surface area contributed by atoms with Gasteiger partial charge in [-0.2, -0.15) is 0 Å². The molecule has 4 heteroatoms. The second kappa shape index (κ2) is 7.45. The topological polar surface area (TPSA) is 60.8 Å². The average Bonchev–Trinajstić information content (AvgIpc) is 3.16. The number of ketones is 1. The summed E-state index contributed by atoms with van der Waals surface area (Å²) in [6, 6.07) is 16.8. The minimum atomic E-state index is -0.557. The number of aryl methyl sites for hydroxylation is 1. The molecule has 1 saturated heterocycles. The molecule has 142 valence electrons. The Hall–Kier alpha value is -2.17. The number of phenols is 1. The first-order valence-corrected chi connectivity index (χ1v) is 9.82. The first kappa shape index (κ1) is 18.2. The number of benzene rings is 2. The number of nitrogens with zero attached hydrogens (tertiary/aromatic N) is 1. The van der Waals surface area contributed by atoms with Crippen LogP contribution in [0.3, 0.4) is 0 Å². The van der Waals surface area contributed by atoms with E-state index in [4.69, 9.17) is 0 Å². The molecule has 2 aliphatic rings. The number of hydrogen-bond acceptors (Lipinski definition) is 4. The molecule has 1 aliphatic carbocycles. The molecule has 0 bridgehead atoms. The summed E-state index contributed by atoms with van der Waals surface area (Å²) in [4.78, 5) is 14.7. The number of aliphatic hydroxyl groups is 1. The molecular formula is C23H27NO3. The average molecular weight is 365 g/mol. The molecule has 0 radical (unpaired) electrons. The highest BCUT2D eigenvalue weighted by molar-refractivity contribution is 5.97. The van der Waals surface area contributed by atoms with Crippen molar-refractivity contribution in [3.05, 3.63) is 65.7 Å². The first-order chi connectivity index (χ1) is 13.0. The largest absolute Gasteiger partial charge is 0.508 e. The molecule has 1 heterocycles. The van der Waals surface area contributed by atoms with E-state index in [1.165, 1.54) is 5.56 Å². The fourth-order valence-electron chi connectivity index (χ4n) is 4.85. The highest BCUT2D eigenvalue weighted by Gasteiger charge is 2.47. The van der Waals surface area contributed by atoms with Gasteiger partial charge in [-0.25, -0.2) is 0 Å². The van der Waals surface area contributed by atoms with Gasteiger partial charge in [-0.05, 0) is 67.3 Å². The molecule has 2 N–H and O–H groups in total. The molecule has 3 atom stereocenters. The second-order valence-electron chi connectivity index (χ2n) is 8.30. The normalized spacial score (nSPS) is 27.6. The van der Waals surface area contributed by atoms with Crippen LogP contribution in [0.2, 0.25) is 0 Å². The van der Waals surface area contributed by atoms with Crippen LogP contribution in [-0.4, -0.2) is 46.1 Å². The second-order valence-corrected chi connectivity index (χ2v) is 8.30. The summed E-state index contributed by atoms with van der Waals surface area (Å²) in [7, 11) is 0. The quantitative estimate of drug-likeness (QED) is 0.772. The SMILES string of the molecule is O=C(CN1C[C@@H]2C[C@](O)(CCc3ccccc3)C[C@@H]2C1)c1ccc(O)cc1. The molecule has 2 aromatic carbocycles. The number of hydrogen-bond donors (Lipinski definition) is 2. The number of rotatable bonds is 6. The Morgan fingerprint density at radius 2 is 1.63 bits per heavy atom. The smallest absolute Gasteiger partial charge is 0.176 e. The number of aromatic hydroxyl groups is 1. The van der Waals surface area contributed by atoms with Crippen molar-refractivity contribution in [2.24, 2.45) is 11.8 Å². The van der Waals surface area contributed by atoms with Crippen LogP contribution in [0.5, 0.6) is 5.75 Å². The zero-order valence-corrected chi connectivity index (χ0v) is 15.6. The molecule has 2 aromatic rings. The van der Waals surface area contributed by atoms with Crippen molar-refractivity contribution in [2.45, 2.75) is 31.3 Å². The van der Waals surface area contributed by atoms with Crippen LogP contribution < -0.4 is 0 Å². The first-order valence-electron chi connectivity index (χ1n) is 9.82. The van der Waals surface area contributed by atoms with Crippen molar-refractivity contribution in [2.75, 3.05) is 19.6 Å². The number of Topliss-reactive ketones (excluding diaryl/α,β-unsaturated/α-hetero) is 1. The van der Waals surface area contributed by atoms with Gasteiger partial charge in [-0.1, -0.05) is 30.3 Å². The predicted octanol–water partition coefficient (Wildman–Crippen LogP) is 3.28. The zero-order chi connectivity index (χ0) is 18.9. The molecule has 27 heavy (non-hydrogen) atoms. The number of likely N-dealkylation sites (tertiary alicyclic amines) is 1. The van der Waals surface area contributed by atoms with Crippen molar-refractivity contribution >= 4 is 5.78 Å². The van der Waals surface area contributed by atoms with E-state index in [9.17, 15) is 15.0 Å². The summed E-state index contributed by atoms with van der Waals surface area (Å²) in [6.07, 6.45) is 3.42. The Bertz CT molecular complexity index is 773. The number of phenolic OH excluding ortho intramolecular Hbond substituents is 1. The summed E-state index contributed by atoms with van der Waals surface area (Å²) in [5.41, 5.74) is 1.37. The lowest BCUT2D eigenvalue weighted by Crippen LogP contribution is -2.33. The van der Waals surface area contributed by atoms with Crippen molar-refractivity contribution in [3.63, 3.8) is 0 Å². The van der Waals surface area contributed by atoms with Gasteiger partial charge in [0.1, 0.15) is 5.75 Å². The summed E-state index contributed by atoms with van der Waals surface area (Å²) >= 11 is 0. The van der Waals surface area contributed by atoms with Gasteiger partial charge in [0.25, 0.3) is 0 Å². The molecule has 0 amide bonds. The maximum atomic E-state index is 12.4. The van der Waals surface area contributed by atoms with Crippen molar-refractivity contribution in [1.29, 1.82) is 0 Å². The summed E-state index contributed by atoms with van der Waals surface area (Å²) in [5, 5.41) is 20.4. The van der Waals surface area contributed by atoms with Gasteiger partial charge >= 0.3 is 0 Å². The van der Waals surface area contributed by atoms with Gasteiger partial charge in [0.2, 0.25) is 0 Å². The van der Waals surface area contributed by atoms with Gasteiger partial charge in [0.05, 0.1) is 12.1 Å². The van der Waals surface area contributed by atoms with E-state index in [2.05, 4.69) is 17.0 Å². The lowest BCUT2D eigenvalue weighted by molar-refractivity contribution is 0.0271. The highest BCUT2D eigenvalue weighted by atomic mass is 16.3. The molecule has 0 unspecified atom stereocenters. The molecule has 4 nitrogen and oxygen atoms in total. The van der Waals surface area contributed by atoms with Crippen LogP contribution in [0.4, 0.5) is 0 Å². The van der Waals surface area contributed by atoms with E-state index in [0.29, 0.717) is 23.9 Å². The predicted molar refractivity (Wildman–Crippen MR) is 105 cm³/mol. The fourth-order valence-corrected chi connectivity index (χ4v) is 4.85. The molecule has 1 saturated carbocycles. The van der Waals surface area contributed by atoms with Crippen LogP contribution in [0.1, 0.15) is 35.2 Å². The van der Waals surface area contributed by atoms with E-state index in [-0.39, 0.29) is 11.5 Å². The minimum Gasteiger partial charge on any atom is -0.508 e. The standard InChI is InChI=1S/C23H27NO3/c25-21-8-6-18(7-9-21)22(26)16-24-14-19-12-23(27,13-20(19)15-24)11-10-17-4-2-1-3-5-17/h1-9,19-20,25,27H,10-16H2/t19-,20+,23+. The monoisotopic (exact) mass is 365 g/mol. The molecule has 2 fully saturated rings. The van der Waals surface area contributed by atoms with Gasteiger partial charge in [-0.15, -0.1) is 0 Å². The van der Waals surface area contributed by atoms with E-state index in [1.807, 2.05) is 18.2 Å². The third-order valence-electron chi connectivity index (χ3n) is 6.21. The Kier molecular flexibility index (Phi) is 5.02. The van der Waals surface area contributed by atoms with E-state index < -0.39 is 5.60 Å². The fraction of sp³-hybridized carbons (Fsp3) is 0.435. The Morgan fingerprint density at radius 3 is 2.26 bits per heavy atom. The van der Waals surface area contributed by atoms with Crippen molar-refractivity contribution in [3.8, 4) is 5.75 Å². The maximum absolute atomic E-state index is 12.4. The number of fused-ring (bicyclic) bond motifs is 1. The lowest BCUT2D eigenvalue weighted by Gasteiger charge is -2.26. The number of carbonyl (C=O) groups excluding carboxylic acids is 1. The minimum absolute atomic E-state index is 0.0920. The van der Waals surface area contributed by atoms with Crippen LogP contribution in [0.25, 0.3) is 0 Å². The Morgan fingerprint density at radius 1 is 1.00 bits per heavy atom. The van der Waals surface area contributed by atoms with Gasteiger partial charge < -0.3 is 10.2 Å². The molecule has 0 spiro atoms. The van der Waals surface area contributed by atoms with Crippen molar-refractivity contribution in [1.82, 2.24) is 4.90 Å². The number of carbonyl (C=O) groups is 1. The molecule has 4 rings (SSSR count). The van der Waals surface area contributed by atoms with Gasteiger partial charge in [0, 0.05) is 18.7 Å². The van der Waals surface area contributed by atoms with E-state index in [1.54, 1.807) is 24.3 Å². The van der Waals surface area contributed by atoms with Crippen LogP contribution in [0, 0.1) is 11.8 Å². The maximum Gasteiger partial charge on any atom is 0.176 e. The molecular weight excluding hydrogens is 338 g/mol. The third kappa shape index (κ3) is 4.23. The van der Waals surface area contributed by atoms with Crippen LogP contribution >= 0.6 is 0 Å². The van der Waals surface area contributed by atoms with E-state index >= 15 is 0 Å². The highest BCUT2D eigenvalue weighted by Crippen LogP contribution is 2.45. The third-order valence-corrected chi connectivity index (χ3v) is 6.21. The summed E-state index contributed by atoms with van der Waals surface area (Å²) < 4.78 is 0. The molecule has 0 aromatic heterocycles. The van der Waals surface area contributed by atoms with Crippen LogP contribution in [0.15, 0.2) is 54.6 Å². The van der Waals surface area contributed by atoms with Gasteiger partial charge in [0.15, 0.2) is 5.78 Å². The Balaban J connectivity index is 1.29. The zero-order valence-electron chi connectivity index (χ0n) is 15.6. The Labute approximate surface area is 160 Å². The van der Waals surface area contributed by atoms with Crippen molar-refractivity contribution < 1.29 is 15.0 Å². The summed E-state index contributed by atoms with van der Waals surface area (Å²) in [5.74, 6) is 1.24. The van der Waals surface area contributed by atoms with Crippen LogP contribution in [-0.2, 0) is 6.42 Å². The molecule has 1 aliphatic heterocycles.